The number of rotatable bonds is 8. The van der Waals surface area contributed by atoms with Crippen molar-refractivity contribution in [2.24, 2.45) is 7.05 Å². The number of nitrogens with one attached hydrogen (secondary N) is 1. The first-order chi connectivity index (χ1) is 17.3. The molecule has 0 fully saturated rings. The molecule has 0 aliphatic carbocycles. The van der Waals surface area contributed by atoms with Crippen LogP contribution in [0.2, 0.25) is 0 Å². The molecule has 0 radical (unpaired) electrons. The minimum atomic E-state index is -0.493. The van der Waals surface area contributed by atoms with E-state index in [4.69, 9.17) is 9.47 Å². The maximum Gasteiger partial charge on any atom is 0.341 e. The fourth-order valence-electron chi connectivity index (χ4n) is 3.70. The first-order valence-corrected chi connectivity index (χ1v) is 12.9. The zero-order valence-corrected chi connectivity index (χ0v) is 22.3. The zero-order chi connectivity index (χ0) is 25.8. The van der Waals surface area contributed by atoms with Crippen LogP contribution in [0.1, 0.15) is 21.5 Å². The lowest BCUT2D eigenvalue weighted by molar-refractivity contribution is -0.113. The molecule has 10 heteroatoms. The normalized spacial score (nSPS) is 10.8. The Kier molecular flexibility index (Phi) is 7.76. The monoisotopic (exact) mass is 522 g/mol. The van der Waals surface area contributed by atoms with Gasteiger partial charge in [-0.2, -0.15) is 0 Å². The molecule has 0 unspecified atom stereocenters. The third kappa shape index (κ3) is 5.29. The number of hydrogen-bond acceptors (Lipinski definition) is 8. The summed E-state index contributed by atoms with van der Waals surface area (Å²) in [6.45, 7) is 3.99. The average molecular weight is 523 g/mol. The van der Waals surface area contributed by atoms with Crippen molar-refractivity contribution in [1.82, 2.24) is 14.8 Å². The standard InChI is InChI=1S/C26H26N4O4S2/c1-15-6-7-16(2)19(12-15)20-13-35-24(22(20)25(32)34-5)27-21(31)14-36-26-29-28-23(30(26)3)17-8-10-18(33-4)11-9-17/h6-13H,14H2,1-5H3,(H,27,31). The molecule has 0 bridgehead atoms. The summed E-state index contributed by atoms with van der Waals surface area (Å²) in [5, 5.41) is 14.3. The summed E-state index contributed by atoms with van der Waals surface area (Å²) in [6.07, 6.45) is 0. The van der Waals surface area contributed by atoms with Gasteiger partial charge in [0.1, 0.15) is 16.3 Å². The number of aryl methyl sites for hydroxylation is 2. The fraction of sp³-hybridized carbons (Fsp3) is 0.231. The number of aromatic nitrogens is 3. The fourth-order valence-corrected chi connectivity index (χ4v) is 5.38. The molecule has 36 heavy (non-hydrogen) atoms. The van der Waals surface area contributed by atoms with Crippen LogP contribution in [-0.2, 0) is 16.6 Å². The second-order valence-corrected chi connectivity index (χ2v) is 9.92. The molecule has 0 aliphatic heterocycles. The molecule has 0 aliphatic rings. The Balaban J connectivity index is 1.50. The molecule has 1 amide bonds. The molecule has 8 nitrogen and oxygen atoms in total. The Labute approximate surface area is 217 Å². The lowest BCUT2D eigenvalue weighted by Gasteiger charge is -2.10. The summed E-state index contributed by atoms with van der Waals surface area (Å²) in [4.78, 5) is 25.5. The smallest absolute Gasteiger partial charge is 0.341 e. The van der Waals surface area contributed by atoms with Gasteiger partial charge in [-0.15, -0.1) is 21.5 Å². The number of methoxy groups -OCH3 is 2. The van der Waals surface area contributed by atoms with Crippen LogP contribution in [0.5, 0.6) is 5.75 Å². The van der Waals surface area contributed by atoms with E-state index in [0.29, 0.717) is 21.5 Å². The van der Waals surface area contributed by atoms with Gasteiger partial charge < -0.3 is 19.4 Å². The van der Waals surface area contributed by atoms with E-state index >= 15 is 0 Å². The van der Waals surface area contributed by atoms with Gasteiger partial charge >= 0.3 is 5.97 Å². The minimum Gasteiger partial charge on any atom is -0.497 e. The van der Waals surface area contributed by atoms with Gasteiger partial charge in [-0.3, -0.25) is 4.79 Å². The average Bonchev–Trinajstić information content (AvgIpc) is 3.46. The maximum atomic E-state index is 12.8. The Morgan fingerprint density at radius 1 is 1.06 bits per heavy atom. The van der Waals surface area contributed by atoms with E-state index in [1.807, 2.05) is 73.3 Å². The maximum absolute atomic E-state index is 12.8. The molecule has 2 aromatic carbocycles. The van der Waals surface area contributed by atoms with Gasteiger partial charge in [0.2, 0.25) is 5.91 Å². The van der Waals surface area contributed by atoms with Crippen LogP contribution in [0.3, 0.4) is 0 Å². The van der Waals surface area contributed by atoms with Gasteiger partial charge in [0, 0.05) is 23.6 Å². The molecule has 0 atom stereocenters. The zero-order valence-electron chi connectivity index (χ0n) is 20.6. The van der Waals surface area contributed by atoms with E-state index in [0.717, 1.165) is 33.6 Å². The van der Waals surface area contributed by atoms with E-state index in [-0.39, 0.29) is 11.7 Å². The summed E-state index contributed by atoms with van der Waals surface area (Å²) in [6, 6.07) is 13.6. The number of thioether (sulfide) groups is 1. The number of carbonyl (C=O) groups is 2. The Morgan fingerprint density at radius 3 is 2.50 bits per heavy atom. The van der Waals surface area contributed by atoms with E-state index in [1.54, 1.807) is 7.11 Å². The number of ether oxygens (including phenoxy) is 2. The number of benzene rings is 2. The first-order valence-electron chi connectivity index (χ1n) is 11.1. The highest BCUT2D eigenvalue weighted by atomic mass is 32.2. The largest absolute Gasteiger partial charge is 0.497 e. The van der Waals surface area contributed by atoms with Crippen molar-refractivity contribution in [3.05, 3.63) is 64.5 Å². The van der Waals surface area contributed by atoms with Crippen molar-refractivity contribution < 1.29 is 19.1 Å². The van der Waals surface area contributed by atoms with Crippen LogP contribution in [0.25, 0.3) is 22.5 Å². The topological polar surface area (TPSA) is 95.3 Å². The number of anilines is 1. The molecule has 2 aromatic heterocycles. The molecular formula is C26H26N4O4S2. The molecule has 4 aromatic rings. The van der Waals surface area contributed by atoms with Crippen LogP contribution in [0, 0.1) is 13.8 Å². The predicted octanol–water partition coefficient (Wildman–Crippen LogP) is 5.35. The first kappa shape index (κ1) is 25.5. The number of esters is 1. The second kappa shape index (κ2) is 11.0. The molecule has 4 rings (SSSR count). The summed E-state index contributed by atoms with van der Waals surface area (Å²) < 4.78 is 12.1. The molecular weight excluding hydrogens is 496 g/mol. The third-order valence-electron chi connectivity index (χ3n) is 5.63. The van der Waals surface area contributed by atoms with Crippen LogP contribution >= 0.6 is 23.1 Å². The van der Waals surface area contributed by atoms with E-state index in [9.17, 15) is 9.59 Å². The highest BCUT2D eigenvalue weighted by Crippen LogP contribution is 2.38. The van der Waals surface area contributed by atoms with E-state index < -0.39 is 5.97 Å². The highest BCUT2D eigenvalue weighted by molar-refractivity contribution is 7.99. The molecule has 2 heterocycles. The van der Waals surface area contributed by atoms with Crippen LogP contribution in [0.4, 0.5) is 5.00 Å². The van der Waals surface area contributed by atoms with Gasteiger partial charge in [-0.1, -0.05) is 35.5 Å². The molecule has 0 saturated heterocycles. The SMILES string of the molecule is COC(=O)c1c(-c2cc(C)ccc2C)csc1NC(=O)CSc1nnc(-c2ccc(OC)cc2)n1C. The molecule has 186 valence electrons. The number of hydrogen-bond donors (Lipinski definition) is 1. The summed E-state index contributed by atoms with van der Waals surface area (Å²) in [5.41, 5.74) is 5.04. The number of thiophene rings is 1. The van der Waals surface area contributed by atoms with Crippen molar-refractivity contribution >= 4 is 40.0 Å². The third-order valence-corrected chi connectivity index (χ3v) is 7.55. The quantitative estimate of drug-likeness (QED) is 0.246. The highest BCUT2D eigenvalue weighted by Gasteiger charge is 2.23. The van der Waals surface area contributed by atoms with Gasteiger partial charge in [-0.25, -0.2) is 4.79 Å². The number of nitrogens with zero attached hydrogens (tertiary/aromatic N) is 3. The lowest BCUT2D eigenvalue weighted by atomic mass is 9.97. The number of amides is 1. The van der Waals surface area contributed by atoms with E-state index in [1.165, 1.54) is 30.2 Å². The van der Waals surface area contributed by atoms with Crippen molar-refractivity contribution in [3.63, 3.8) is 0 Å². The molecule has 0 spiro atoms. The van der Waals surface area contributed by atoms with Gasteiger partial charge in [-0.05, 0) is 49.2 Å². The van der Waals surface area contributed by atoms with Crippen LogP contribution in [-0.4, -0.2) is 46.6 Å². The number of carbonyl (C=O) groups excluding carboxylic acids is 2. The van der Waals surface area contributed by atoms with Gasteiger partial charge in [0.05, 0.1) is 20.0 Å². The van der Waals surface area contributed by atoms with Gasteiger partial charge in [0.25, 0.3) is 0 Å². The van der Waals surface area contributed by atoms with Crippen molar-refractivity contribution in [2.75, 3.05) is 25.3 Å². The summed E-state index contributed by atoms with van der Waals surface area (Å²) >= 11 is 2.57. The molecule has 1 N–H and O–H groups in total. The van der Waals surface area contributed by atoms with Crippen LogP contribution in [0.15, 0.2) is 53.0 Å². The Morgan fingerprint density at radius 2 is 1.81 bits per heavy atom. The predicted molar refractivity (Wildman–Crippen MR) is 143 cm³/mol. The minimum absolute atomic E-state index is 0.103. The van der Waals surface area contributed by atoms with Crippen molar-refractivity contribution in [2.45, 2.75) is 19.0 Å². The molecule has 0 saturated carbocycles. The summed E-state index contributed by atoms with van der Waals surface area (Å²) in [5.74, 6) is 0.796. The second-order valence-electron chi connectivity index (χ2n) is 8.09. The van der Waals surface area contributed by atoms with Crippen molar-refractivity contribution in [1.29, 1.82) is 0 Å². The lowest BCUT2D eigenvalue weighted by Crippen LogP contribution is -2.16. The van der Waals surface area contributed by atoms with Crippen molar-refractivity contribution in [3.8, 4) is 28.3 Å². The van der Waals surface area contributed by atoms with E-state index in [2.05, 4.69) is 15.5 Å². The van der Waals surface area contributed by atoms with Gasteiger partial charge in [0.15, 0.2) is 11.0 Å². The Bertz CT molecular complexity index is 1410. The Hall–Kier alpha value is -3.63. The summed E-state index contributed by atoms with van der Waals surface area (Å²) in [7, 11) is 4.81. The van der Waals surface area contributed by atoms with Crippen LogP contribution < -0.4 is 10.1 Å².